The van der Waals surface area contributed by atoms with E-state index in [1.165, 1.54) is 17.5 Å². The van der Waals surface area contributed by atoms with Crippen molar-refractivity contribution in [2.24, 2.45) is 0 Å². The van der Waals surface area contributed by atoms with Crippen LogP contribution in [0, 0.1) is 6.92 Å². The molecule has 0 bridgehead atoms. The normalized spacial score (nSPS) is 14.4. The summed E-state index contributed by atoms with van der Waals surface area (Å²) in [5.41, 5.74) is 2.78. The molecule has 0 saturated carbocycles. The highest BCUT2D eigenvalue weighted by Gasteiger charge is 2.16. The lowest BCUT2D eigenvalue weighted by atomic mass is 9.98. The summed E-state index contributed by atoms with van der Waals surface area (Å²) in [6, 6.07) is 9.69. The van der Waals surface area contributed by atoms with E-state index in [-0.39, 0.29) is 0 Å². The fourth-order valence-corrected chi connectivity index (χ4v) is 2.75. The van der Waals surface area contributed by atoms with E-state index in [4.69, 9.17) is 4.74 Å². The Bertz CT molecular complexity index is 395. The minimum absolute atomic E-state index is 0.417. The van der Waals surface area contributed by atoms with E-state index in [1.807, 2.05) is 0 Å². The van der Waals surface area contributed by atoms with Gasteiger partial charge in [-0.1, -0.05) is 31.2 Å². The zero-order valence-electron chi connectivity index (χ0n) is 14.4. The van der Waals surface area contributed by atoms with Crippen molar-refractivity contribution in [2.45, 2.75) is 45.7 Å². The number of nitrogens with zero attached hydrogens (tertiary/aromatic N) is 1. The molecule has 1 aromatic rings. The molecule has 0 radical (unpaired) electrons. The van der Waals surface area contributed by atoms with Crippen LogP contribution in [0.25, 0.3) is 0 Å². The first-order valence-corrected chi connectivity index (χ1v) is 8.09. The minimum atomic E-state index is 0.417. The summed E-state index contributed by atoms with van der Waals surface area (Å²) >= 11 is 0. The SMILES string of the molecule is CCC(C)N(CCOC)CCC(NC)c1ccccc1C. The number of aryl methyl sites for hydroxylation is 1. The minimum Gasteiger partial charge on any atom is -0.383 e. The summed E-state index contributed by atoms with van der Waals surface area (Å²) in [5, 5.41) is 3.47. The quantitative estimate of drug-likeness (QED) is 0.715. The zero-order valence-corrected chi connectivity index (χ0v) is 14.4. The van der Waals surface area contributed by atoms with Gasteiger partial charge in [0, 0.05) is 32.3 Å². The molecule has 0 aliphatic carbocycles. The third-order valence-electron chi connectivity index (χ3n) is 4.41. The number of nitrogens with one attached hydrogen (secondary N) is 1. The Kier molecular flexibility index (Phi) is 8.58. The van der Waals surface area contributed by atoms with Crippen molar-refractivity contribution in [1.29, 1.82) is 0 Å². The van der Waals surface area contributed by atoms with Crippen molar-refractivity contribution < 1.29 is 4.74 Å². The molecular weight excluding hydrogens is 260 g/mol. The van der Waals surface area contributed by atoms with Gasteiger partial charge >= 0.3 is 0 Å². The maximum Gasteiger partial charge on any atom is 0.0589 e. The van der Waals surface area contributed by atoms with Crippen LogP contribution < -0.4 is 5.32 Å². The van der Waals surface area contributed by atoms with Crippen LogP contribution in [0.15, 0.2) is 24.3 Å². The molecule has 0 amide bonds. The van der Waals surface area contributed by atoms with Crippen LogP contribution in [0.4, 0.5) is 0 Å². The summed E-state index contributed by atoms with van der Waals surface area (Å²) in [4.78, 5) is 2.53. The second-order valence-electron chi connectivity index (χ2n) is 5.77. The molecule has 0 heterocycles. The number of hydrogen-bond acceptors (Lipinski definition) is 3. The summed E-state index contributed by atoms with van der Waals surface area (Å²) in [7, 11) is 3.83. The molecule has 0 aliphatic rings. The van der Waals surface area contributed by atoms with Crippen molar-refractivity contribution in [2.75, 3.05) is 33.9 Å². The van der Waals surface area contributed by atoms with Crippen LogP contribution in [-0.2, 0) is 4.74 Å². The lowest BCUT2D eigenvalue weighted by Crippen LogP contribution is -2.37. The van der Waals surface area contributed by atoms with Gasteiger partial charge in [-0.3, -0.25) is 4.90 Å². The number of benzene rings is 1. The van der Waals surface area contributed by atoms with Gasteiger partial charge in [0.25, 0.3) is 0 Å². The Morgan fingerprint density at radius 3 is 2.52 bits per heavy atom. The first-order chi connectivity index (χ1) is 10.1. The van der Waals surface area contributed by atoms with Gasteiger partial charge in [-0.15, -0.1) is 0 Å². The molecule has 1 N–H and O–H groups in total. The molecule has 2 atom stereocenters. The highest BCUT2D eigenvalue weighted by Crippen LogP contribution is 2.21. The van der Waals surface area contributed by atoms with Gasteiger partial charge in [0.2, 0.25) is 0 Å². The second kappa shape index (κ2) is 9.93. The standard InChI is InChI=1S/C18H32N2O/c1-6-16(3)20(13-14-21-5)12-11-18(19-4)17-10-8-7-9-15(17)2/h7-10,16,18-19H,6,11-14H2,1-5H3. The van der Waals surface area contributed by atoms with E-state index in [2.05, 4.69) is 62.3 Å². The first-order valence-electron chi connectivity index (χ1n) is 8.09. The molecule has 0 aromatic heterocycles. The summed E-state index contributed by atoms with van der Waals surface area (Å²) in [5.74, 6) is 0. The number of ether oxygens (including phenoxy) is 1. The average Bonchev–Trinajstić information content (AvgIpc) is 2.51. The van der Waals surface area contributed by atoms with E-state index in [0.717, 1.165) is 26.1 Å². The van der Waals surface area contributed by atoms with Gasteiger partial charge in [0.15, 0.2) is 0 Å². The van der Waals surface area contributed by atoms with E-state index in [0.29, 0.717) is 12.1 Å². The van der Waals surface area contributed by atoms with Crippen LogP contribution in [0.5, 0.6) is 0 Å². The highest BCUT2D eigenvalue weighted by molar-refractivity contribution is 5.28. The van der Waals surface area contributed by atoms with Crippen molar-refractivity contribution in [1.82, 2.24) is 10.2 Å². The highest BCUT2D eigenvalue weighted by atomic mass is 16.5. The maximum absolute atomic E-state index is 5.25. The van der Waals surface area contributed by atoms with Crippen molar-refractivity contribution in [3.63, 3.8) is 0 Å². The van der Waals surface area contributed by atoms with Crippen LogP contribution in [-0.4, -0.2) is 44.8 Å². The molecule has 0 saturated heterocycles. The molecule has 2 unspecified atom stereocenters. The number of rotatable bonds is 10. The molecule has 0 aliphatic heterocycles. The fraction of sp³-hybridized carbons (Fsp3) is 0.667. The van der Waals surface area contributed by atoms with Gasteiger partial charge in [0.05, 0.1) is 6.61 Å². The van der Waals surface area contributed by atoms with Gasteiger partial charge in [-0.2, -0.15) is 0 Å². The Morgan fingerprint density at radius 2 is 1.95 bits per heavy atom. The second-order valence-corrected chi connectivity index (χ2v) is 5.77. The van der Waals surface area contributed by atoms with Crippen LogP contribution in [0.3, 0.4) is 0 Å². The Morgan fingerprint density at radius 1 is 1.24 bits per heavy atom. The van der Waals surface area contributed by atoms with Crippen LogP contribution in [0.1, 0.15) is 43.9 Å². The molecule has 0 spiro atoms. The summed E-state index contributed by atoms with van der Waals surface area (Å²) < 4.78 is 5.25. The lowest BCUT2D eigenvalue weighted by Gasteiger charge is -2.30. The van der Waals surface area contributed by atoms with Crippen molar-refractivity contribution in [3.05, 3.63) is 35.4 Å². The Hall–Kier alpha value is -0.900. The molecular formula is C18H32N2O. The van der Waals surface area contributed by atoms with E-state index in [1.54, 1.807) is 7.11 Å². The Labute approximate surface area is 130 Å². The largest absolute Gasteiger partial charge is 0.383 e. The number of methoxy groups -OCH3 is 1. The fourth-order valence-electron chi connectivity index (χ4n) is 2.75. The smallest absolute Gasteiger partial charge is 0.0589 e. The molecule has 1 rings (SSSR count). The van der Waals surface area contributed by atoms with E-state index < -0.39 is 0 Å². The van der Waals surface area contributed by atoms with Gasteiger partial charge < -0.3 is 10.1 Å². The third-order valence-corrected chi connectivity index (χ3v) is 4.41. The van der Waals surface area contributed by atoms with Gasteiger partial charge in [0.1, 0.15) is 0 Å². The molecule has 3 heteroatoms. The predicted molar refractivity (Wildman–Crippen MR) is 90.8 cm³/mol. The maximum atomic E-state index is 5.25. The summed E-state index contributed by atoms with van der Waals surface area (Å²) in [6.07, 6.45) is 2.30. The monoisotopic (exact) mass is 292 g/mol. The topological polar surface area (TPSA) is 24.5 Å². The average molecular weight is 292 g/mol. The van der Waals surface area contributed by atoms with Gasteiger partial charge in [-0.05, 0) is 44.9 Å². The predicted octanol–water partition coefficient (Wildman–Crippen LogP) is 3.39. The van der Waals surface area contributed by atoms with E-state index in [9.17, 15) is 0 Å². The Balaban J connectivity index is 2.65. The third kappa shape index (κ3) is 5.77. The van der Waals surface area contributed by atoms with Crippen molar-refractivity contribution in [3.8, 4) is 0 Å². The zero-order chi connectivity index (χ0) is 15.7. The summed E-state index contributed by atoms with van der Waals surface area (Å²) in [6.45, 7) is 9.66. The molecule has 21 heavy (non-hydrogen) atoms. The molecule has 120 valence electrons. The van der Waals surface area contributed by atoms with Crippen LogP contribution >= 0.6 is 0 Å². The lowest BCUT2D eigenvalue weighted by molar-refractivity contribution is 0.119. The first kappa shape index (κ1) is 18.1. The van der Waals surface area contributed by atoms with Gasteiger partial charge in [-0.25, -0.2) is 0 Å². The van der Waals surface area contributed by atoms with Crippen LogP contribution in [0.2, 0.25) is 0 Å². The number of hydrogen-bond donors (Lipinski definition) is 1. The van der Waals surface area contributed by atoms with E-state index >= 15 is 0 Å². The molecule has 0 fully saturated rings. The molecule has 1 aromatic carbocycles. The molecule has 3 nitrogen and oxygen atoms in total. The van der Waals surface area contributed by atoms with Crippen molar-refractivity contribution >= 4 is 0 Å².